The number of nitriles is 1. The highest BCUT2D eigenvalue weighted by atomic mass is 15.1. The first-order chi connectivity index (χ1) is 7.79. The van der Waals surface area contributed by atoms with Crippen LogP contribution in [0.1, 0.15) is 31.2 Å². The van der Waals surface area contributed by atoms with Gasteiger partial charge in [0.15, 0.2) is 0 Å². The summed E-state index contributed by atoms with van der Waals surface area (Å²) >= 11 is 0. The van der Waals surface area contributed by atoms with Crippen molar-refractivity contribution in [1.29, 1.82) is 5.26 Å². The van der Waals surface area contributed by atoms with Gasteiger partial charge in [-0.25, -0.2) is 0 Å². The van der Waals surface area contributed by atoms with Crippen LogP contribution in [0.4, 0.5) is 0 Å². The van der Waals surface area contributed by atoms with Crippen LogP contribution in [0.5, 0.6) is 0 Å². The van der Waals surface area contributed by atoms with Crippen molar-refractivity contribution in [2.75, 3.05) is 7.05 Å². The molecule has 1 aromatic rings. The maximum atomic E-state index is 8.86. The maximum absolute atomic E-state index is 8.86. The zero-order valence-electron chi connectivity index (χ0n) is 9.82. The van der Waals surface area contributed by atoms with Crippen LogP contribution in [-0.2, 0) is 6.54 Å². The van der Waals surface area contributed by atoms with Crippen LogP contribution in [0.3, 0.4) is 0 Å². The van der Waals surface area contributed by atoms with Crippen molar-refractivity contribution < 1.29 is 0 Å². The lowest BCUT2D eigenvalue weighted by Crippen LogP contribution is -2.34. The van der Waals surface area contributed by atoms with E-state index in [-0.39, 0.29) is 0 Å². The number of hydrogen-bond acceptors (Lipinski definition) is 2. The first-order valence-corrected chi connectivity index (χ1v) is 6.01. The van der Waals surface area contributed by atoms with E-state index in [1.54, 1.807) is 0 Å². The molecule has 1 aromatic heterocycles. The Morgan fingerprint density at radius 3 is 2.75 bits per heavy atom. The van der Waals surface area contributed by atoms with Crippen LogP contribution >= 0.6 is 0 Å². The highest BCUT2D eigenvalue weighted by Crippen LogP contribution is 2.27. The molecule has 1 fully saturated rings. The molecule has 16 heavy (non-hydrogen) atoms. The summed E-state index contributed by atoms with van der Waals surface area (Å²) in [5.41, 5.74) is 1.34. The van der Waals surface area contributed by atoms with Crippen LogP contribution in [0.25, 0.3) is 0 Å². The van der Waals surface area contributed by atoms with Gasteiger partial charge in [-0.3, -0.25) is 4.90 Å². The van der Waals surface area contributed by atoms with E-state index >= 15 is 0 Å². The molecule has 0 aromatic carbocycles. The monoisotopic (exact) mass is 217 g/mol. The Bertz CT molecular complexity index is 342. The van der Waals surface area contributed by atoms with E-state index in [0.717, 1.165) is 19.4 Å². The van der Waals surface area contributed by atoms with Crippen molar-refractivity contribution in [3.05, 3.63) is 24.0 Å². The van der Waals surface area contributed by atoms with Gasteiger partial charge in [0.1, 0.15) is 0 Å². The zero-order valence-corrected chi connectivity index (χ0v) is 9.82. The second kappa shape index (κ2) is 5.18. The van der Waals surface area contributed by atoms with E-state index in [2.05, 4.69) is 35.3 Å². The molecule has 1 heterocycles. The fourth-order valence-electron chi connectivity index (χ4n) is 2.52. The summed E-state index contributed by atoms with van der Waals surface area (Å²) in [4.78, 5) is 5.50. The Morgan fingerprint density at radius 1 is 1.44 bits per heavy atom. The molecular weight excluding hydrogens is 198 g/mol. The van der Waals surface area contributed by atoms with Gasteiger partial charge >= 0.3 is 0 Å². The quantitative estimate of drug-likeness (QED) is 0.845. The third kappa shape index (κ3) is 2.65. The average molecular weight is 217 g/mol. The third-order valence-corrected chi connectivity index (χ3v) is 3.60. The number of H-pyrrole nitrogens is 1. The van der Waals surface area contributed by atoms with Gasteiger partial charge < -0.3 is 4.98 Å². The minimum absolute atomic E-state index is 0.303. The molecule has 0 bridgehead atoms. The number of hydrogen-bond donors (Lipinski definition) is 1. The molecule has 0 spiro atoms. The van der Waals surface area contributed by atoms with E-state index in [0.29, 0.717) is 12.0 Å². The predicted octanol–water partition coefficient (Wildman–Crippen LogP) is 2.53. The van der Waals surface area contributed by atoms with E-state index in [1.165, 1.54) is 18.4 Å². The summed E-state index contributed by atoms with van der Waals surface area (Å²) in [6.45, 7) is 1.01. The SMILES string of the molecule is CN(Cc1cc[nH]c1)C1CCC(C#N)CC1. The van der Waals surface area contributed by atoms with Gasteiger partial charge in [0.25, 0.3) is 0 Å². The molecular formula is C13H19N3. The number of nitrogens with zero attached hydrogens (tertiary/aromatic N) is 2. The van der Waals surface area contributed by atoms with Crippen molar-refractivity contribution in [2.24, 2.45) is 5.92 Å². The van der Waals surface area contributed by atoms with Crippen LogP contribution in [0.15, 0.2) is 18.5 Å². The molecule has 0 aliphatic heterocycles. The Morgan fingerprint density at radius 2 is 2.19 bits per heavy atom. The summed E-state index contributed by atoms with van der Waals surface area (Å²) in [6, 6.07) is 5.16. The van der Waals surface area contributed by atoms with Crippen LogP contribution < -0.4 is 0 Å². The van der Waals surface area contributed by atoms with Crippen molar-refractivity contribution in [3.63, 3.8) is 0 Å². The van der Waals surface area contributed by atoms with Crippen LogP contribution in [0.2, 0.25) is 0 Å². The summed E-state index contributed by atoms with van der Waals surface area (Å²) in [6.07, 6.45) is 8.49. The smallest absolute Gasteiger partial charge is 0.0655 e. The fraction of sp³-hybridized carbons (Fsp3) is 0.615. The van der Waals surface area contributed by atoms with Gasteiger partial charge in [-0.1, -0.05) is 0 Å². The zero-order chi connectivity index (χ0) is 11.4. The molecule has 1 saturated carbocycles. The van der Waals surface area contributed by atoms with Crippen LogP contribution in [0, 0.1) is 17.2 Å². The standard InChI is InChI=1S/C13H19N3/c1-16(10-12-6-7-15-9-12)13-4-2-11(8-14)3-5-13/h6-7,9,11,13,15H,2-5,10H2,1H3. The summed E-state index contributed by atoms with van der Waals surface area (Å²) in [5, 5.41) is 8.86. The van der Waals surface area contributed by atoms with Crippen LogP contribution in [-0.4, -0.2) is 23.0 Å². The van der Waals surface area contributed by atoms with Crippen molar-refractivity contribution in [3.8, 4) is 6.07 Å². The fourth-order valence-corrected chi connectivity index (χ4v) is 2.52. The molecule has 86 valence electrons. The number of rotatable bonds is 3. The molecule has 0 saturated heterocycles. The molecule has 1 aliphatic rings. The Labute approximate surface area is 97.1 Å². The van der Waals surface area contributed by atoms with E-state index in [1.807, 2.05) is 6.20 Å². The lowest BCUT2D eigenvalue weighted by Gasteiger charge is -2.32. The highest BCUT2D eigenvalue weighted by molar-refractivity contribution is 5.08. The minimum Gasteiger partial charge on any atom is -0.367 e. The predicted molar refractivity (Wildman–Crippen MR) is 63.6 cm³/mol. The van der Waals surface area contributed by atoms with Crippen molar-refractivity contribution >= 4 is 0 Å². The maximum Gasteiger partial charge on any atom is 0.0655 e. The first-order valence-electron chi connectivity index (χ1n) is 6.01. The number of aromatic amines is 1. The normalized spacial score (nSPS) is 25.6. The van der Waals surface area contributed by atoms with Gasteiger partial charge in [-0.2, -0.15) is 5.26 Å². The second-order valence-electron chi connectivity index (χ2n) is 4.77. The largest absolute Gasteiger partial charge is 0.367 e. The second-order valence-corrected chi connectivity index (χ2v) is 4.77. The molecule has 3 heteroatoms. The van der Waals surface area contributed by atoms with E-state index in [4.69, 9.17) is 5.26 Å². The molecule has 0 atom stereocenters. The molecule has 0 amide bonds. The Balaban J connectivity index is 1.83. The topological polar surface area (TPSA) is 42.8 Å². The summed E-state index contributed by atoms with van der Waals surface area (Å²) in [7, 11) is 2.18. The van der Waals surface area contributed by atoms with E-state index in [9.17, 15) is 0 Å². The van der Waals surface area contributed by atoms with Gasteiger partial charge in [0.2, 0.25) is 0 Å². The number of aromatic nitrogens is 1. The van der Waals surface area contributed by atoms with Gasteiger partial charge in [0.05, 0.1) is 6.07 Å². The molecule has 3 nitrogen and oxygen atoms in total. The van der Waals surface area contributed by atoms with Gasteiger partial charge in [-0.15, -0.1) is 0 Å². The highest BCUT2D eigenvalue weighted by Gasteiger charge is 2.23. The molecule has 1 N–H and O–H groups in total. The molecule has 1 aliphatic carbocycles. The summed E-state index contributed by atoms with van der Waals surface area (Å²) < 4.78 is 0. The van der Waals surface area contributed by atoms with Gasteiger partial charge in [-0.05, 0) is 44.4 Å². The lowest BCUT2D eigenvalue weighted by atomic mass is 9.86. The molecule has 0 unspecified atom stereocenters. The average Bonchev–Trinajstić information content (AvgIpc) is 2.82. The molecule has 2 rings (SSSR count). The summed E-state index contributed by atoms with van der Waals surface area (Å²) in [5.74, 6) is 0.303. The van der Waals surface area contributed by atoms with Crippen molar-refractivity contribution in [1.82, 2.24) is 9.88 Å². The first kappa shape index (κ1) is 11.2. The Kier molecular flexibility index (Phi) is 3.63. The van der Waals surface area contributed by atoms with Gasteiger partial charge in [0, 0.05) is 30.9 Å². The third-order valence-electron chi connectivity index (χ3n) is 3.60. The van der Waals surface area contributed by atoms with E-state index < -0.39 is 0 Å². The lowest BCUT2D eigenvalue weighted by molar-refractivity contribution is 0.171. The minimum atomic E-state index is 0.303. The van der Waals surface area contributed by atoms with Crippen molar-refractivity contribution in [2.45, 2.75) is 38.3 Å². The molecule has 0 radical (unpaired) electrons. The Hall–Kier alpha value is -1.27. The number of nitrogens with one attached hydrogen (secondary N) is 1.